The van der Waals surface area contributed by atoms with Gasteiger partial charge in [-0.1, -0.05) is 18.2 Å². The average molecular weight is 330 g/mol. The van der Waals surface area contributed by atoms with Gasteiger partial charge in [0.05, 0.1) is 0 Å². The van der Waals surface area contributed by atoms with E-state index in [1.807, 2.05) is 0 Å². The predicted octanol–water partition coefficient (Wildman–Crippen LogP) is 0.798. The first kappa shape index (κ1) is 16.9. The van der Waals surface area contributed by atoms with Crippen molar-refractivity contribution in [1.29, 1.82) is 0 Å². The summed E-state index contributed by atoms with van der Waals surface area (Å²) in [5.41, 5.74) is 0.233. The molecule has 0 bridgehead atoms. The number of imide groups is 2. The van der Waals surface area contributed by atoms with Gasteiger partial charge in [0.1, 0.15) is 11.3 Å². The Morgan fingerprint density at radius 2 is 2.08 bits per heavy atom. The number of benzene rings is 1. The van der Waals surface area contributed by atoms with E-state index in [1.54, 1.807) is 18.2 Å². The molecular formula is C16H14N2O6. The highest BCUT2D eigenvalue weighted by Gasteiger charge is 2.34. The molecule has 0 aromatic heterocycles. The highest BCUT2D eigenvalue weighted by Crippen LogP contribution is 2.18. The van der Waals surface area contributed by atoms with Crippen molar-refractivity contribution >= 4 is 29.9 Å². The number of aliphatic carboxylic acids is 1. The molecule has 24 heavy (non-hydrogen) atoms. The third kappa shape index (κ3) is 3.86. The molecule has 124 valence electrons. The maximum atomic E-state index is 12.3. The molecule has 1 aromatic rings. The van der Waals surface area contributed by atoms with Crippen LogP contribution in [0.3, 0.4) is 0 Å². The van der Waals surface area contributed by atoms with Crippen molar-refractivity contribution in [3.05, 3.63) is 48.1 Å². The second kappa shape index (κ2) is 7.23. The number of barbiturate groups is 1. The summed E-state index contributed by atoms with van der Waals surface area (Å²) >= 11 is 0. The summed E-state index contributed by atoms with van der Waals surface area (Å²) in [5, 5.41) is 10.7. The van der Waals surface area contributed by atoms with Crippen LogP contribution in [0.1, 0.15) is 5.56 Å². The molecule has 0 spiro atoms. The van der Waals surface area contributed by atoms with Gasteiger partial charge in [-0.15, -0.1) is 6.58 Å². The molecule has 0 unspecified atom stereocenters. The van der Waals surface area contributed by atoms with Crippen molar-refractivity contribution < 1.29 is 29.0 Å². The van der Waals surface area contributed by atoms with Gasteiger partial charge in [-0.2, -0.15) is 0 Å². The second-order valence-corrected chi connectivity index (χ2v) is 4.78. The van der Waals surface area contributed by atoms with Crippen LogP contribution in [0.25, 0.3) is 6.08 Å². The molecule has 8 heteroatoms. The summed E-state index contributed by atoms with van der Waals surface area (Å²) < 4.78 is 5.04. The standard InChI is InChI=1S/C16H14N2O6/c1-2-6-18-15(22)12(14(21)17-16(18)23)8-10-4-3-5-11(7-10)24-9-13(19)20/h2-5,7-8H,1,6,9H2,(H,19,20)(H,17,21,23). The van der Waals surface area contributed by atoms with Gasteiger partial charge in [-0.25, -0.2) is 9.59 Å². The van der Waals surface area contributed by atoms with Crippen molar-refractivity contribution in [3.63, 3.8) is 0 Å². The zero-order valence-corrected chi connectivity index (χ0v) is 12.5. The minimum atomic E-state index is -1.13. The predicted molar refractivity (Wildman–Crippen MR) is 83.0 cm³/mol. The number of nitrogens with one attached hydrogen (secondary N) is 1. The van der Waals surface area contributed by atoms with E-state index in [0.717, 1.165) is 4.90 Å². The van der Waals surface area contributed by atoms with Gasteiger partial charge in [0.25, 0.3) is 11.8 Å². The summed E-state index contributed by atoms with van der Waals surface area (Å²) in [6.07, 6.45) is 2.67. The number of carboxylic acid groups (broad SMARTS) is 1. The summed E-state index contributed by atoms with van der Waals surface area (Å²) in [7, 11) is 0. The minimum Gasteiger partial charge on any atom is -0.482 e. The Hall–Kier alpha value is -3.42. The number of urea groups is 1. The molecule has 1 aliphatic heterocycles. The summed E-state index contributed by atoms with van der Waals surface area (Å²) in [4.78, 5) is 47.1. The Morgan fingerprint density at radius 1 is 1.33 bits per heavy atom. The van der Waals surface area contributed by atoms with E-state index in [-0.39, 0.29) is 17.9 Å². The van der Waals surface area contributed by atoms with E-state index >= 15 is 0 Å². The molecule has 1 fully saturated rings. The fraction of sp³-hybridized carbons (Fsp3) is 0.125. The van der Waals surface area contributed by atoms with Gasteiger partial charge in [0.2, 0.25) is 0 Å². The smallest absolute Gasteiger partial charge is 0.341 e. The third-order valence-corrected chi connectivity index (χ3v) is 3.03. The number of hydrogen-bond donors (Lipinski definition) is 2. The first-order valence-corrected chi connectivity index (χ1v) is 6.87. The quantitative estimate of drug-likeness (QED) is 0.453. The zero-order chi connectivity index (χ0) is 17.7. The van der Waals surface area contributed by atoms with Crippen LogP contribution < -0.4 is 10.1 Å². The highest BCUT2D eigenvalue weighted by atomic mass is 16.5. The van der Waals surface area contributed by atoms with Gasteiger partial charge >= 0.3 is 12.0 Å². The molecule has 1 saturated heterocycles. The van der Waals surface area contributed by atoms with E-state index < -0.39 is 30.4 Å². The Bertz CT molecular complexity index is 753. The number of carbonyl (C=O) groups is 4. The molecular weight excluding hydrogens is 316 g/mol. The van der Waals surface area contributed by atoms with Crippen LogP contribution >= 0.6 is 0 Å². The SMILES string of the molecule is C=CCN1C(=O)NC(=O)C(=Cc2cccc(OCC(=O)O)c2)C1=O. The Kier molecular flexibility index (Phi) is 5.10. The summed E-state index contributed by atoms with van der Waals surface area (Å²) in [5.74, 6) is -2.39. The van der Waals surface area contributed by atoms with Crippen LogP contribution in [0.15, 0.2) is 42.5 Å². The van der Waals surface area contributed by atoms with Gasteiger partial charge in [-0.05, 0) is 23.8 Å². The fourth-order valence-corrected chi connectivity index (χ4v) is 1.99. The first-order chi connectivity index (χ1) is 11.4. The van der Waals surface area contributed by atoms with Crippen LogP contribution in [-0.2, 0) is 14.4 Å². The van der Waals surface area contributed by atoms with Gasteiger partial charge in [-0.3, -0.25) is 19.8 Å². The zero-order valence-electron chi connectivity index (χ0n) is 12.5. The molecule has 4 amide bonds. The number of hydrogen-bond acceptors (Lipinski definition) is 5. The lowest BCUT2D eigenvalue weighted by Crippen LogP contribution is -2.54. The largest absolute Gasteiger partial charge is 0.482 e. The highest BCUT2D eigenvalue weighted by molar-refractivity contribution is 6.31. The van der Waals surface area contributed by atoms with E-state index in [1.165, 1.54) is 18.2 Å². The van der Waals surface area contributed by atoms with E-state index in [9.17, 15) is 19.2 Å². The molecule has 0 atom stereocenters. The maximum Gasteiger partial charge on any atom is 0.341 e. The molecule has 1 aliphatic rings. The van der Waals surface area contributed by atoms with Crippen molar-refractivity contribution in [2.75, 3.05) is 13.2 Å². The molecule has 8 nitrogen and oxygen atoms in total. The lowest BCUT2D eigenvalue weighted by atomic mass is 10.1. The number of amides is 4. The summed E-state index contributed by atoms with van der Waals surface area (Å²) in [6.45, 7) is 2.91. The number of ether oxygens (including phenoxy) is 1. The first-order valence-electron chi connectivity index (χ1n) is 6.87. The second-order valence-electron chi connectivity index (χ2n) is 4.78. The third-order valence-electron chi connectivity index (χ3n) is 3.03. The molecule has 1 heterocycles. The van der Waals surface area contributed by atoms with Gasteiger partial charge in [0, 0.05) is 6.54 Å². The molecule has 0 aliphatic carbocycles. The molecule has 2 N–H and O–H groups in total. The van der Waals surface area contributed by atoms with Crippen molar-refractivity contribution in [1.82, 2.24) is 10.2 Å². The van der Waals surface area contributed by atoms with Crippen LogP contribution in [0.5, 0.6) is 5.75 Å². The Morgan fingerprint density at radius 3 is 2.75 bits per heavy atom. The van der Waals surface area contributed by atoms with Gasteiger partial charge < -0.3 is 9.84 Å². The van der Waals surface area contributed by atoms with Gasteiger partial charge in [0.15, 0.2) is 6.61 Å². The van der Waals surface area contributed by atoms with Crippen molar-refractivity contribution in [3.8, 4) is 5.75 Å². The van der Waals surface area contributed by atoms with E-state index in [2.05, 4.69) is 11.9 Å². The van der Waals surface area contributed by atoms with Crippen LogP contribution in [-0.4, -0.2) is 47.0 Å². The maximum absolute atomic E-state index is 12.3. The van der Waals surface area contributed by atoms with Crippen LogP contribution in [0, 0.1) is 0 Å². The Labute approximate surface area is 137 Å². The fourth-order valence-electron chi connectivity index (χ4n) is 1.99. The van der Waals surface area contributed by atoms with Crippen LogP contribution in [0.4, 0.5) is 4.79 Å². The normalized spacial score (nSPS) is 16.1. The monoisotopic (exact) mass is 330 g/mol. The van der Waals surface area contributed by atoms with Crippen molar-refractivity contribution in [2.45, 2.75) is 0 Å². The van der Waals surface area contributed by atoms with E-state index in [0.29, 0.717) is 5.56 Å². The van der Waals surface area contributed by atoms with Crippen LogP contribution in [0.2, 0.25) is 0 Å². The molecule has 1 aromatic carbocycles. The van der Waals surface area contributed by atoms with E-state index in [4.69, 9.17) is 9.84 Å². The molecule has 0 radical (unpaired) electrons. The Balaban J connectivity index is 2.28. The lowest BCUT2D eigenvalue weighted by molar-refractivity contribution is -0.139. The number of rotatable bonds is 6. The molecule has 2 rings (SSSR count). The van der Waals surface area contributed by atoms with Crippen molar-refractivity contribution in [2.24, 2.45) is 0 Å². The average Bonchev–Trinajstić information content (AvgIpc) is 2.54. The molecule has 0 saturated carbocycles. The summed E-state index contributed by atoms with van der Waals surface area (Å²) in [6, 6.07) is 5.41. The number of carboxylic acids is 1. The topological polar surface area (TPSA) is 113 Å². The lowest BCUT2D eigenvalue weighted by Gasteiger charge is -2.25. The number of carbonyl (C=O) groups excluding carboxylic acids is 3. The number of nitrogens with zero attached hydrogens (tertiary/aromatic N) is 1. The minimum absolute atomic E-state index is 0.0307.